The minimum Gasteiger partial charge on any atom is -0.330 e. The summed E-state index contributed by atoms with van der Waals surface area (Å²) >= 11 is 11.7. The van der Waals surface area contributed by atoms with Gasteiger partial charge in [0.25, 0.3) is 0 Å². The first-order chi connectivity index (χ1) is 8.85. The number of nitrogens with one attached hydrogen (secondary N) is 1. The Hall–Kier alpha value is -0.910. The van der Waals surface area contributed by atoms with Crippen LogP contribution in [0.2, 0.25) is 10.3 Å². The van der Waals surface area contributed by atoms with Gasteiger partial charge in [-0.15, -0.1) is 0 Å². The summed E-state index contributed by atoms with van der Waals surface area (Å²) in [6.07, 6.45) is 3.22. The first kappa shape index (κ1) is 16.1. The minimum absolute atomic E-state index is 0.0346. The van der Waals surface area contributed by atoms with Crippen molar-refractivity contribution in [1.29, 1.82) is 0 Å². The lowest BCUT2D eigenvalue weighted by Gasteiger charge is -2.23. The average Bonchev–Trinajstić information content (AvgIpc) is 2.32. The van der Waals surface area contributed by atoms with Crippen LogP contribution in [0.25, 0.3) is 0 Å². The highest BCUT2D eigenvalue weighted by atomic mass is 35.5. The Morgan fingerprint density at radius 2 is 1.89 bits per heavy atom. The fourth-order valence-corrected chi connectivity index (χ4v) is 2.03. The van der Waals surface area contributed by atoms with Crippen LogP contribution in [0.15, 0.2) is 6.33 Å². The van der Waals surface area contributed by atoms with Crippen LogP contribution in [0.1, 0.15) is 33.1 Å². The van der Waals surface area contributed by atoms with E-state index < -0.39 is 0 Å². The summed E-state index contributed by atoms with van der Waals surface area (Å²) in [4.78, 5) is 19.4. The predicted molar refractivity (Wildman–Crippen MR) is 77.4 cm³/mol. The number of anilines is 1. The number of hydrogen-bond acceptors (Lipinski definition) is 4. The van der Waals surface area contributed by atoms with Crippen molar-refractivity contribution in [3.8, 4) is 0 Å². The van der Waals surface area contributed by atoms with Crippen molar-refractivity contribution in [2.24, 2.45) is 11.1 Å². The summed E-state index contributed by atoms with van der Waals surface area (Å²) in [6, 6.07) is 0. The van der Waals surface area contributed by atoms with Crippen molar-refractivity contribution in [2.45, 2.75) is 33.1 Å². The number of nitrogens with two attached hydrogens (primary N) is 1. The van der Waals surface area contributed by atoms with Gasteiger partial charge in [-0.2, -0.15) is 0 Å². The van der Waals surface area contributed by atoms with Gasteiger partial charge in [0.15, 0.2) is 10.3 Å². The van der Waals surface area contributed by atoms with Crippen molar-refractivity contribution in [3.05, 3.63) is 16.6 Å². The Morgan fingerprint density at radius 3 is 2.42 bits per heavy atom. The Kier molecular flexibility index (Phi) is 5.97. The molecule has 1 rings (SSSR count). The second-order valence-corrected chi connectivity index (χ2v) is 5.80. The molecule has 0 aliphatic carbocycles. The third-order valence-corrected chi connectivity index (χ3v) is 3.44. The Morgan fingerprint density at radius 1 is 1.32 bits per heavy atom. The number of aromatic nitrogens is 2. The van der Waals surface area contributed by atoms with Crippen molar-refractivity contribution < 1.29 is 4.79 Å². The summed E-state index contributed by atoms with van der Waals surface area (Å²) in [7, 11) is 0. The fraction of sp³-hybridized carbons (Fsp3) is 0.583. The maximum absolute atomic E-state index is 11.9. The van der Waals surface area contributed by atoms with Gasteiger partial charge < -0.3 is 11.1 Å². The quantitative estimate of drug-likeness (QED) is 0.792. The van der Waals surface area contributed by atoms with Crippen LogP contribution in [0.4, 0.5) is 5.69 Å². The van der Waals surface area contributed by atoms with Crippen LogP contribution in [0.3, 0.4) is 0 Å². The molecule has 0 aromatic carbocycles. The summed E-state index contributed by atoms with van der Waals surface area (Å²) in [6.45, 7) is 4.77. The van der Waals surface area contributed by atoms with E-state index in [4.69, 9.17) is 28.9 Å². The second kappa shape index (κ2) is 7.03. The smallest absolute Gasteiger partial charge is 0.224 e. The van der Waals surface area contributed by atoms with Gasteiger partial charge in [-0.25, -0.2) is 9.97 Å². The third kappa shape index (κ3) is 5.30. The molecular formula is C12H18Cl2N4O. The van der Waals surface area contributed by atoms with Gasteiger partial charge in [0.05, 0.1) is 0 Å². The number of rotatable bonds is 6. The van der Waals surface area contributed by atoms with Gasteiger partial charge in [-0.3, -0.25) is 4.79 Å². The first-order valence-electron chi connectivity index (χ1n) is 6.01. The molecule has 5 nitrogen and oxygen atoms in total. The number of carbonyl (C=O) groups excluding carboxylic acids is 1. The summed E-state index contributed by atoms with van der Waals surface area (Å²) in [5.41, 5.74) is 5.82. The molecule has 1 aromatic heterocycles. The highest BCUT2D eigenvalue weighted by molar-refractivity contribution is 6.38. The fourth-order valence-electron chi connectivity index (χ4n) is 1.62. The lowest BCUT2D eigenvalue weighted by Crippen LogP contribution is -2.21. The number of nitrogens with zero attached hydrogens (tertiary/aromatic N) is 2. The molecule has 7 heteroatoms. The highest BCUT2D eigenvalue weighted by Crippen LogP contribution is 2.28. The molecule has 1 amide bonds. The summed E-state index contributed by atoms with van der Waals surface area (Å²) in [5.74, 6) is -0.163. The van der Waals surface area contributed by atoms with E-state index in [0.717, 1.165) is 12.8 Å². The van der Waals surface area contributed by atoms with E-state index in [-0.39, 0.29) is 27.3 Å². The first-order valence-corrected chi connectivity index (χ1v) is 6.77. The van der Waals surface area contributed by atoms with Crippen LogP contribution in [0, 0.1) is 5.41 Å². The molecule has 19 heavy (non-hydrogen) atoms. The van der Waals surface area contributed by atoms with Crippen LogP contribution in [-0.4, -0.2) is 22.4 Å². The zero-order valence-electron chi connectivity index (χ0n) is 11.0. The molecule has 0 saturated heterocycles. The molecule has 0 saturated carbocycles. The zero-order valence-corrected chi connectivity index (χ0v) is 12.6. The molecule has 106 valence electrons. The summed E-state index contributed by atoms with van der Waals surface area (Å²) < 4.78 is 0. The second-order valence-electron chi connectivity index (χ2n) is 5.08. The van der Waals surface area contributed by atoms with E-state index in [1.165, 1.54) is 6.33 Å². The molecule has 0 atom stereocenters. The molecule has 0 aliphatic heterocycles. The standard InChI is InChI=1S/C12H18Cl2N4O/c1-12(2,5-6-15)4-3-8(19)18-9-10(13)16-7-17-11(9)14/h7H,3-6,15H2,1-2H3,(H,18,19). The van der Waals surface area contributed by atoms with E-state index in [1.54, 1.807) is 0 Å². The zero-order chi connectivity index (χ0) is 14.5. The molecule has 3 N–H and O–H groups in total. The topological polar surface area (TPSA) is 80.9 Å². The van der Waals surface area contributed by atoms with Crippen LogP contribution >= 0.6 is 23.2 Å². The minimum atomic E-state index is -0.163. The molecule has 0 spiro atoms. The van der Waals surface area contributed by atoms with Crippen LogP contribution in [-0.2, 0) is 4.79 Å². The normalized spacial score (nSPS) is 11.4. The molecule has 0 radical (unpaired) electrons. The van der Waals surface area contributed by atoms with E-state index in [0.29, 0.717) is 13.0 Å². The largest absolute Gasteiger partial charge is 0.330 e. The Labute approximate surface area is 122 Å². The van der Waals surface area contributed by atoms with Gasteiger partial charge in [-0.05, 0) is 24.8 Å². The Balaban J connectivity index is 2.57. The Bertz CT molecular complexity index is 431. The molecule has 0 bridgehead atoms. The van der Waals surface area contributed by atoms with Crippen molar-refractivity contribution in [1.82, 2.24) is 9.97 Å². The molecule has 0 fully saturated rings. The molecular weight excluding hydrogens is 287 g/mol. The van der Waals surface area contributed by atoms with E-state index in [1.807, 2.05) is 0 Å². The van der Waals surface area contributed by atoms with E-state index in [9.17, 15) is 4.79 Å². The highest BCUT2D eigenvalue weighted by Gasteiger charge is 2.19. The predicted octanol–water partition coefficient (Wildman–Crippen LogP) is 2.88. The van der Waals surface area contributed by atoms with E-state index >= 15 is 0 Å². The van der Waals surface area contributed by atoms with Gasteiger partial charge >= 0.3 is 0 Å². The maximum atomic E-state index is 11.9. The molecule has 0 aliphatic rings. The number of carbonyl (C=O) groups is 1. The number of amides is 1. The lowest BCUT2D eigenvalue weighted by atomic mass is 9.84. The van der Waals surface area contributed by atoms with Crippen molar-refractivity contribution in [3.63, 3.8) is 0 Å². The average molecular weight is 305 g/mol. The van der Waals surface area contributed by atoms with E-state index in [2.05, 4.69) is 29.1 Å². The number of hydrogen-bond donors (Lipinski definition) is 2. The molecule has 1 heterocycles. The van der Waals surface area contributed by atoms with Gasteiger partial charge in [0, 0.05) is 6.42 Å². The monoisotopic (exact) mass is 304 g/mol. The van der Waals surface area contributed by atoms with Crippen LogP contribution < -0.4 is 11.1 Å². The maximum Gasteiger partial charge on any atom is 0.224 e. The third-order valence-electron chi connectivity index (χ3n) is 2.87. The number of halogens is 2. The van der Waals surface area contributed by atoms with Gasteiger partial charge in [0.2, 0.25) is 5.91 Å². The van der Waals surface area contributed by atoms with Gasteiger partial charge in [-0.1, -0.05) is 37.0 Å². The van der Waals surface area contributed by atoms with Crippen LogP contribution in [0.5, 0.6) is 0 Å². The molecule has 0 unspecified atom stereocenters. The SMILES string of the molecule is CC(C)(CCN)CCC(=O)Nc1c(Cl)ncnc1Cl. The van der Waals surface area contributed by atoms with Crippen molar-refractivity contribution >= 4 is 34.8 Å². The van der Waals surface area contributed by atoms with Gasteiger partial charge in [0.1, 0.15) is 12.0 Å². The molecule has 1 aromatic rings. The summed E-state index contributed by atoms with van der Waals surface area (Å²) in [5, 5.41) is 2.90. The van der Waals surface area contributed by atoms with Crippen molar-refractivity contribution in [2.75, 3.05) is 11.9 Å². The lowest BCUT2D eigenvalue weighted by molar-refractivity contribution is -0.116.